The fourth-order valence-electron chi connectivity index (χ4n) is 0.461. The lowest BCUT2D eigenvalue weighted by Crippen LogP contribution is -1.91. The van der Waals surface area contributed by atoms with Crippen LogP contribution in [0.3, 0.4) is 0 Å². The SMILES string of the molecule is C=C(C(F)=CC)C(C)C. The van der Waals surface area contributed by atoms with Crippen molar-refractivity contribution in [2.75, 3.05) is 0 Å². The monoisotopic (exact) mass is 128 g/mol. The quantitative estimate of drug-likeness (QED) is 0.501. The zero-order valence-corrected chi connectivity index (χ0v) is 6.24. The van der Waals surface area contributed by atoms with Crippen molar-refractivity contribution in [3.05, 3.63) is 24.1 Å². The van der Waals surface area contributed by atoms with Crippen molar-refractivity contribution in [3.63, 3.8) is 0 Å². The van der Waals surface area contributed by atoms with Crippen LogP contribution in [0.15, 0.2) is 24.1 Å². The minimum atomic E-state index is -0.190. The second kappa shape index (κ2) is 3.44. The molecule has 0 spiro atoms. The van der Waals surface area contributed by atoms with E-state index in [2.05, 4.69) is 6.58 Å². The van der Waals surface area contributed by atoms with E-state index in [0.717, 1.165) is 0 Å². The second-order valence-corrected chi connectivity index (χ2v) is 2.32. The summed E-state index contributed by atoms with van der Waals surface area (Å²) in [6.07, 6.45) is 1.43. The average Bonchev–Trinajstić information content (AvgIpc) is 1.84. The predicted molar refractivity (Wildman–Crippen MR) is 38.8 cm³/mol. The van der Waals surface area contributed by atoms with Gasteiger partial charge in [-0.3, -0.25) is 0 Å². The second-order valence-electron chi connectivity index (χ2n) is 2.32. The molecule has 0 nitrogen and oxygen atoms in total. The average molecular weight is 128 g/mol. The summed E-state index contributed by atoms with van der Waals surface area (Å²) >= 11 is 0. The molecule has 9 heavy (non-hydrogen) atoms. The van der Waals surface area contributed by atoms with E-state index in [9.17, 15) is 4.39 Å². The van der Waals surface area contributed by atoms with Gasteiger partial charge in [0.15, 0.2) is 0 Å². The molecule has 0 aliphatic rings. The molecule has 0 saturated heterocycles. The number of halogens is 1. The first-order chi connectivity index (χ1) is 4.09. The third-order valence-corrected chi connectivity index (χ3v) is 1.26. The maximum Gasteiger partial charge on any atom is 0.121 e. The highest BCUT2D eigenvalue weighted by Crippen LogP contribution is 2.17. The first-order valence-corrected chi connectivity index (χ1v) is 3.10. The maximum atomic E-state index is 12.5. The van der Waals surface area contributed by atoms with E-state index in [0.29, 0.717) is 5.57 Å². The smallest absolute Gasteiger partial charge is 0.121 e. The van der Waals surface area contributed by atoms with E-state index in [4.69, 9.17) is 0 Å². The Bertz CT molecular complexity index is 132. The lowest BCUT2D eigenvalue weighted by molar-refractivity contribution is 0.608. The van der Waals surface area contributed by atoms with Crippen molar-refractivity contribution in [1.29, 1.82) is 0 Å². The molecule has 0 bridgehead atoms. The molecule has 52 valence electrons. The van der Waals surface area contributed by atoms with E-state index in [1.165, 1.54) is 6.08 Å². The van der Waals surface area contributed by atoms with Gasteiger partial charge in [0.25, 0.3) is 0 Å². The molecule has 0 aromatic carbocycles. The van der Waals surface area contributed by atoms with E-state index in [1.54, 1.807) is 6.92 Å². The van der Waals surface area contributed by atoms with Gasteiger partial charge in [-0.2, -0.15) is 0 Å². The van der Waals surface area contributed by atoms with Gasteiger partial charge in [-0.15, -0.1) is 0 Å². The summed E-state index contributed by atoms with van der Waals surface area (Å²) in [6.45, 7) is 9.10. The summed E-state index contributed by atoms with van der Waals surface area (Å²) < 4.78 is 12.5. The highest BCUT2D eigenvalue weighted by atomic mass is 19.1. The van der Waals surface area contributed by atoms with Crippen LogP contribution < -0.4 is 0 Å². The van der Waals surface area contributed by atoms with Crippen LogP contribution in [0.4, 0.5) is 4.39 Å². The van der Waals surface area contributed by atoms with Gasteiger partial charge < -0.3 is 0 Å². The summed E-state index contributed by atoms with van der Waals surface area (Å²) in [6, 6.07) is 0. The van der Waals surface area contributed by atoms with Gasteiger partial charge in [0, 0.05) is 0 Å². The molecule has 0 saturated carbocycles. The minimum Gasteiger partial charge on any atom is -0.207 e. The Hall–Kier alpha value is -0.590. The normalized spacial score (nSPS) is 12.3. The molecular weight excluding hydrogens is 115 g/mol. The molecule has 0 amide bonds. The molecule has 0 atom stereocenters. The van der Waals surface area contributed by atoms with Crippen molar-refractivity contribution in [2.24, 2.45) is 5.92 Å². The third kappa shape index (κ3) is 2.45. The molecular formula is C8H13F. The molecule has 0 N–H and O–H groups in total. The summed E-state index contributed by atoms with van der Waals surface area (Å²) in [5.41, 5.74) is 0.581. The molecule has 0 fully saturated rings. The lowest BCUT2D eigenvalue weighted by Gasteiger charge is -2.04. The van der Waals surface area contributed by atoms with Crippen molar-refractivity contribution >= 4 is 0 Å². The standard InChI is InChI=1S/C8H13F/c1-5-8(9)7(4)6(2)3/h5-6H,4H2,1-3H3. The van der Waals surface area contributed by atoms with Crippen LogP contribution in [0.25, 0.3) is 0 Å². The van der Waals surface area contributed by atoms with Crippen LogP contribution in [-0.4, -0.2) is 0 Å². The van der Waals surface area contributed by atoms with Gasteiger partial charge in [0.2, 0.25) is 0 Å². The number of rotatable bonds is 2. The Morgan fingerprint density at radius 1 is 1.56 bits per heavy atom. The molecule has 0 aromatic heterocycles. The molecule has 0 aliphatic carbocycles. The van der Waals surface area contributed by atoms with Crippen molar-refractivity contribution in [1.82, 2.24) is 0 Å². The first kappa shape index (κ1) is 8.41. The van der Waals surface area contributed by atoms with E-state index in [-0.39, 0.29) is 11.7 Å². The zero-order valence-electron chi connectivity index (χ0n) is 6.24. The molecule has 0 heterocycles. The van der Waals surface area contributed by atoms with Gasteiger partial charge in [-0.05, 0) is 18.4 Å². The summed E-state index contributed by atoms with van der Waals surface area (Å²) in [4.78, 5) is 0. The molecule has 0 rings (SSSR count). The van der Waals surface area contributed by atoms with Gasteiger partial charge in [-0.25, -0.2) is 4.39 Å². The minimum absolute atomic E-state index is 0.190. The number of hydrogen-bond acceptors (Lipinski definition) is 0. The largest absolute Gasteiger partial charge is 0.207 e. The van der Waals surface area contributed by atoms with Gasteiger partial charge in [-0.1, -0.05) is 26.5 Å². The van der Waals surface area contributed by atoms with E-state index >= 15 is 0 Å². The molecule has 0 unspecified atom stereocenters. The highest BCUT2D eigenvalue weighted by molar-refractivity contribution is 5.22. The van der Waals surface area contributed by atoms with Crippen LogP contribution in [-0.2, 0) is 0 Å². The number of allylic oxidation sites excluding steroid dienone is 3. The molecule has 1 heteroatoms. The van der Waals surface area contributed by atoms with Crippen LogP contribution >= 0.6 is 0 Å². The van der Waals surface area contributed by atoms with E-state index in [1.807, 2.05) is 13.8 Å². The topological polar surface area (TPSA) is 0 Å². The van der Waals surface area contributed by atoms with Crippen molar-refractivity contribution in [2.45, 2.75) is 20.8 Å². The van der Waals surface area contributed by atoms with Crippen LogP contribution in [0.1, 0.15) is 20.8 Å². The van der Waals surface area contributed by atoms with Gasteiger partial charge >= 0.3 is 0 Å². The Morgan fingerprint density at radius 2 is 2.00 bits per heavy atom. The van der Waals surface area contributed by atoms with E-state index < -0.39 is 0 Å². The first-order valence-electron chi connectivity index (χ1n) is 3.10. The fourth-order valence-corrected chi connectivity index (χ4v) is 0.461. The molecule has 0 aromatic rings. The third-order valence-electron chi connectivity index (χ3n) is 1.26. The van der Waals surface area contributed by atoms with Crippen LogP contribution in [0.5, 0.6) is 0 Å². The predicted octanol–water partition coefficient (Wildman–Crippen LogP) is 3.07. The Labute approximate surface area is 56.1 Å². The maximum absolute atomic E-state index is 12.5. The van der Waals surface area contributed by atoms with Crippen molar-refractivity contribution in [3.8, 4) is 0 Å². The lowest BCUT2D eigenvalue weighted by atomic mass is 10.0. The Morgan fingerprint density at radius 3 is 2.11 bits per heavy atom. The van der Waals surface area contributed by atoms with Gasteiger partial charge in [0.05, 0.1) is 0 Å². The Kier molecular flexibility index (Phi) is 3.21. The molecule has 0 aliphatic heterocycles. The Balaban J connectivity index is 4.06. The highest BCUT2D eigenvalue weighted by Gasteiger charge is 2.03. The molecule has 0 radical (unpaired) electrons. The summed E-state index contributed by atoms with van der Waals surface area (Å²) in [5, 5.41) is 0. The number of hydrogen-bond donors (Lipinski definition) is 0. The summed E-state index contributed by atoms with van der Waals surface area (Å²) in [5.74, 6) is 0.0196. The zero-order chi connectivity index (χ0) is 7.44. The van der Waals surface area contributed by atoms with Gasteiger partial charge in [0.1, 0.15) is 5.83 Å². The van der Waals surface area contributed by atoms with Crippen LogP contribution in [0.2, 0.25) is 0 Å². The van der Waals surface area contributed by atoms with Crippen molar-refractivity contribution < 1.29 is 4.39 Å². The summed E-state index contributed by atoms with van der Waals surface area (Å²) in [7, 11) is 0. The van der Waals surface area contributed by atoms with Crippen LogP contribution in [0, 0.1) is 5.92 Å². The fraction of sp³-hybridized carbons (Fsp3) is 0.500.